The molecule has 1 aliphatic rings. The summed E-state index contributed by atoms with van der Waals surface area (Å²) in [5.74, 6) is -1.68. The second-order valence-corrected chi connectivity index (χ2v) is 2.03. The van der Waals surface area contributed by atoms with Crippen molar-refractivity contribution in [1.82, 2.24) is 5.32 Å². The summed E-state index contributed by atoms with van der Waals surface area (Å²) in [6.07, 6.45) is -5.00. The molecule has 8 nitrogen and oxygen atoms in total. The molecule has 0 bridgehead atoms. The fourth-order valence-electron chi connectivity index (χ4n) is 0.556. The highest BCUT2D eigenvalue weighted by Gasteiger charge is 2.38. The van der Waals surface area contributed by atoms with Gasteiger partial charge in [-0.2, -0.15) is 0 Å². The van der Waals surface area contributed by atoms with Crippen LogP contribution in [0.15, 0.2) is 0 Å². The maximum absolute atomic E-state index is 10.3. The van der Waals surface area contributed by atoms with Gasteiger partial charge in [0.05, 0.1) is 0 Å². The van der Waals surface area contributed by atoms with Crippen LogP contribution >= 0.6 is 0 Å². The summed E-state index contributed by atoms with van der Waals surface area (Å²) in [6.45, 7) is 0. The summed E-state index contributed by atoms with van der Waals surface area (Å²) in [6, 6.07) is 0. The molecular formula is C5H7NO7. The van der Waals surface area contributed by atoms with Crippen LogP contribution in [0.2, 0.25) is 0 Å². The van der Waals surface area contributed by atoms with Crippen molar-refractivity contribution < 1.29 is 34.8 Å². The zero-order valence-corrected chi connectivity index (χ0v) is 6.17. The molecule has 1 heterocycles. The lowest BCUT2D eigenvalue weighted by molar-refractivity contribution is -0.129. The van der Waals surface area contributed by atoms with Crippen LogP contribution in [0.5, 0.6) is 0 Å². The lowest BCUT2D eigenvalue weighted by Crippen LogP contribution is -2.27. The monoisotopic (exact) mass is 193 g/mol. The third-order valence-electron chi connectivity index (χ3n) is 1.08. The van der Waals surface area contributed by atoms with E-state index in [0.717, 1.165) is 0 Å². The van der Waals surface area contributed by atoms with E-state index in [0.29, 0.717) is 0 Å². The molecule has 0 aliphatic carbocycles. The van der Waals surface area contributed by atoms with Gasteiger partial charge in [0.2, 0.25) is 0 Å². The number of carbonyl (C=O) groups is 3. The number of hydrogen-bond donors (Lipinski definition) is 5. The van der Waals surface area contributed by atoms with Crippen LogP contribution in [-0.4, -0.2) is 50.6 Å². The van der Waals surface area contributed by atoms with Gasteiger partial charge in [-0.15, -0.1) is 0 Å². The maximum Gasteiger partial charge on any atom is 0.503 e. The van der Waals surface area contributed by atoms with Gasteiger partial charge in [0.1, 0.15) is 0 Å². The minimum Gasteiger partial charge on any atom is -0.450 e. The van der Waals surface area contributed by atoms with E-state index in [1.807, 2.05) is 0 Å². The Morgan fingerprint density at radius 3 is 1.38 bits per heavy atom. The highest BCUT2D eigenvalue weighted by molar-refractivity contribution is 6.07. The average Bonchev–Trinajstić information content (AvgIpc) is 2.17. The van der Waals surface area contributed by atoms with Crippen molar-refractivity contribution in [3.05, 3.63) is 0 Å². The minimum absolute atomic E-state index is 0.840. The number of rotatable bonds is 0. The van der Waals surface area contributed by atoms with E-state index in [1.54, 1.807) is 5.32 Å². The molecule has 0 radical (unpaired) electrons. The zero-order valence-electron chi connectivity index (χ0n) is 6.17. The molecular weight excluding hydrogens is 186 g/mol. The van der Waals surface area contributed by atoms with Crippen LogP contribution in [0.3, 0.4) is 0 Å². The summed E-state index contributed by atoms with van der Waals surface area (Å²) < 4.78 is 0. The van der Waals surface area contributed by atoms with Gasteiger partial charge in [0.25, 0.3) is 11.8 Å². The highest BCUT2D eigenvalue weighted by atomic mass is 16.6. The van der Waals surface area contributed by atoms with E-state index in [1.165, 1.54) is 0 Å². The van der Waals surface area contributed by atoms with Crippen molar-refractivity contribution in [1.29, 1.82) is 0 Å². The number of carbonyl (C=O) groups excluding carboxylic acids is 2. The third-order valence-corrected chi connectivity index (χ3v) is 1.08. The first-order valence-corrected chi connectivity index (χ1v) is 2.99. The van der Waals surface area contributed by atoms with E-state index in [2.05, 4.69) is 0 Å². The predicted molar refractivity (Wildman–Crippen MR) is 35.8 cm³/mol. The molecule has 0 spiro atoms. The predicted octanol–water partition coefficient (Wildman–Crippen LogP) is -2.41. The lowest BCUT2D eigenvalue weighted by atomic mass is 10.2. The summed E-state index contributed by atoms with van der Waals surface area (Å²) in [5, 5.41) is 32.8. The van der Waals surface area contributed by atoms with Crippen LogP contribution in [0.25, 0.3) is 0 Å². The number of carboxylic acid groups (broad SMARTS) is 2. The molecule has 1 fully saturated rings. The Labute approximate surface area is 71.4 Å². The molecule has 8 heteroatoms. The van der Waals surface area contributed by atoms with Gasteiger partial charge in [0.15, 0.2) is 12.2 Å². The van der Waals surface area contributed by atoms with Crippen molar-refractivity contribution in [3.8, 4) is 0 Å². The number of aliphatic hydroxyl groups excluding tert-OH is 2. The molecule has 2 atom stereocenters. The minimum atomic E-state index is -1.83. The van der Waals surface area contributed by atoms with Gasteiger partial charge in [-0.3, -0.25) is 14.9 Å². The number of nitrogens with one attached hydrogen (secondary N) is 1. The van der Waals surface area contributed by atoms with E-state index >= 15 is 0 Å². The molecule has 5 N–H and O–H groups in total. The molecule has 2 amide bonds. The molecule has 74 valence electrons. The van der Waals surface area contributed by atoms with E-state index in [9.17, 15) is 9.59 Å². The quantitative estimate of drug-likeness (QED) is 0.269. The summed E-state index contributed by atoms with van der Waals surface area (Å²) in [7, 11) is 0. The van der Waals surface area contributed by atoms with Crippen LogP contribution in [0.4, 0.5) is 4.79 Å². The molecule has 2 unspecified atom stereocenters. The van der Waals surface area contributed by atoms with Gasteiger partial charge in [-0.1, -0.05) is 0 Å². The van der Waals surface area contributed by atoms with Crippen LogP contribution in [-0.2, 0) is 9.59 Å². The molecule has 0 aromatic heterocycles. The largest absolute Gasteiger partial charge is 0.503 e. The van der Waals surface area contributed by atoms with Gasteiger partial charge >= 0.3 is 6.16 Å². The molecule has 1 saturated heterocycles. The lowest BCUT2D eigenvalue weighted by Gasteiger charge is -1.97. The molecule has 1 aliphatic heterocycles. The van der Waals surface area contributed by atoms with Gasteiger partial charge in [0, 0.05) is 0 Å². The first-order valence-electron chi connectivity index (χ1n) is 2.99. The van der Waals surface area contributed by atoms with Crippen LogP contribution in [0, 0.1) is 0 Å². The SMILES string of the molecule is O=C(O)O.O=C1NC(=O)C(O)C1O. The van der Waals surface area contributed by atoms with E-state index in [4.69, 9.17) is 25.2 Å². The fourth-order valence-corrected chi connectivity index (χ4v) is 0.556. The van der Waals surface area contributed by atoms with E-state index in [-0.39, 0.29) is 0 Å². The first kappa shape index (κ1) is 11.3. The standard InChI is InChI=1S/C4H5NO4.CH2O3/c6-1-2(7)4(9)5-3(1)8;2-1(3)4/h1-2,6-7H,(H,5,8,9);(H2,2,3,4). The summed E-state index contributed by atoms with van der Waals surface area (Å²) in [4.78, 5) is 29.1. The topological polar surface area (TPSA) is 144 Å². The van der Waals surface area contributed by atoms with Crippen molar-refractivity contribution in [2.45, 2.75) is 12.2 Å². The molecule has 0 aromatic rings. The molecule has 0 saturated carbocycles. The van der Waals surface area contributed by atoms with Gasteiger partial charge < -0.3 is 20.4 Å². The maximum atomic E-state index is 10.3. The highest BCUT2D eigenvalue weighted by Crippen LogP contribution is 2.00. The first-order chi connectivity index (χ1) is 5.86. The molecule has 1 rings (SSSR count). The average molecular weight is 193 g/mol. The Balaban J connectivity index is 0.000000310. The van der Waals surface area contributed by atoms with Crippen LogP contribution in [0.1, 0.15) is 0 Å². The smallest absolute Gasteiger partial charge is 0.450 e. The van der Waals surface area contributed by atoms with Gasteiger partial charge in [-0.25, -0.2) is 4.79 Å². The second-order valence-electron chi connectivity index (χ2n) is 2.03. The second kappa shape index (κ2) is 4.38. The Morgan fingerprint density at radius 2 is 1.31 bits per heavy atom. The zero-order chi connectivity index (χ0) is 10.6. The van der Waals surface area contributed by atoms with E-state index < -0.39 is 30.2 Å². The molecule has 13 heavy (non-hydrogen) atoms. The number of amides is 2. The van der Waals surface area contributed by atoms with Crippen molar-refractivity contribution >= 4 is 18.0 Å². The Bertz CT molecular complexity index is 215. The van der Waals surface area contributed by atoms with Crippen molar-refractivity contribution in [3.63, 3.8) is 0 Å². The number of hydrogen-bond acceptors (Lipinski definition) is 5. The summed E-state index contributed by atoms with van der Waals surface area (Å²) in [5.41, 5.74) is 0. The van der Waals surface area contributed by atoms with Crippen molar-refractivity contribution in [2.24, 2.45) is 0 Å². The third kappa shape index (κ3) is 3.49. The van der Waals surface area contributed by atoms with Gasteiger partial charge in [-0.05, 0) is 0 Å². The van der Waals surface area contributed by atoms with Crippen molar-refractivity contribution in [2.75, 3.05) is 0 Å². The normalized spacial score (nSPS) is 26.0. The summed E-state index contributed by atoms with van der Waals surface area (Å²) >= 11 is 0. The molecule has 0 aromatic carbocycles. The van der Waals surface area contributed by atoms with Crippen LogP contribution < -0.4 is 5.32 Å². The Kier molecular flexibility index (Phi) is 3.82. The number of imide groups is 1. The Morgan fingerprint density at radius 1 is 1.08 bits per heavy atom. The Hall–Kier alpha value is -1.67. The number of aliphatic hydroxyl groups is 2. The fraction of sp³-hybridized carbons (Fsp3) is 0.400.